The molecule has 114 valence electrons. The Morgan fingerprint density at radius 1 is 1.35 bits per heavy atom. The molecule has 0 aromatic heterocycles. The molecule has 0 fully saturated rings. The third kappa shape index (κ3) is 3.74. The summed E-state index contributed by atoms with van der Waals surface area (Å²) in [6.07, 6.45) is 2.15. The van der Waals surface area contributed by atoms with Crippen molar-refractivity contribution in [2.75, 3.05) is 34.4 Å². The van der Waals surface area contributed by atoms with Crippen molar-refractivity contribution in [3.63, 3.8) is 0 Å². The average molecular weight is 279 g/mol. The number of aliphatic hydroxyl groups is 1. The Balaban J connectivity index is 3.30. The number of rotatable bonds is 8. The Morgan fingerprint density at radius 2 is 2.05 bits per heavy atom. The van der Waals surface area contributed by atoms with Gasteiger partial charge in [0.1, 0.15) is 5.75 Å². The first-order valence-electron chi connectivity index (χ1n) is 7.40. The number of aliphatic hydroxyl groups excluding tert-OH is 1. The smallest absolute Gasteiger partial charge is 0.119 e. The lowest BCUT2D eigenvalue weighted by atomic mass is 9.68. The first-order chi connectivity index (χ1) is 9.50. The average Bonchev–Trinajstić information content (AvgIpc) is 2.45. The van der Waals surface area contributed by atoms with Crippen LogP contribution < -0.4 is 4.74 Å². The van der Waals surface area contributed by atoms with E-state index < -0.39 is 0 Å². The molecule has 2 atom stereocenters. The van der Waals surface area contributed by atoms with E-state index in [9.17, 15) is 5.11 Å². The van der Waals surface area contributed by atoms with Gasteiger partial charge < -0.3 is 14.7 Å². The van der Waals surface area contributed by atoms with E-state index in [2.05, 4.69) is 45.0 Å². The van der Waals surface area contributed by atoms with Gasteiger partial charge in [0.05, 0.1) is 7.11 Å². The summed E-state index contributed by atoms with van der Waals surface area (Å²) in [5.41, 5.74) is 1.22. The number of benzene rings is 1. The third-order valence-corrected chi connectivity index (χ3v) is 4.16. The first kappa shape index (κ1) is 17.0. The van der Waals surface area contributed by atoms with Crippen molar-refractivity contribution in [2.45, 2.75) is 32.1 Å². The van der Waals surface area contributed by atoms with E-state index in [-0.39, 0.29) is 17.9 Å². The predicted molar refractivity (Wildman–Crippen MR) is 84.4 cm³/mol. The van der Waals surface area contributed by atoms with Gasteiger partial charge in [-0.15, -0.1) is 0 Å². The summed E-state index contributed by atoms with van der Waals surface area (Å²) in [4.78, 5) is 2.21. The highest BCUT2D eigenvalue weighted by molar-refractivity contribution is 5.35. The quantitative estimate of drug-likeness (QED) is 0.794. The van der Waals surface area contributed by atoms with Crippen LogP contribution in [0.2, 0.25) is 0 Å². The molecule has 0 heterocycles. The third-order valence-electron chi connectivity index (χ3n) is 4.16. The maximum Gasteiger partial charge on any atom is 0.119 e. The van der Waals surface area contributed by atoms with Crippen LogP contribution in [0.15, 0.2) is 24.3 Å². The molecule has 0 radical (unpaired) electrons. The van der Waals surface area contributed by atoms with Crippen LogP contribution in [0.4, 0.5) is 0 Å². The topological polar surface area (TPSA) is 32.7 Å². The normalized spacial score (nSPS) is 15.9. The molecule has 0 spiro atoms. The Kier molecular flexibility index (Phi) is 6.50. The van der Waals surface area contributed by atoms with Crippen molar-refractivity contribution in [3.05, 3.63) is 29.8 Å². The zero-order valence-corrected chi connectivity index (χ0v) is 13.5. The second kappa shape index (κ2) is 7.65. The van der Waals surface area contributed by atoms with Crippen molar-refractivity contribution < 1.29 is 9.84 Å². The summed E-state index contributed by atoms with van der Waals surface area (Å²) in [6.45, 7) is 5.47. The van der Waals surface area contributed by atoms with Crippen molar-refractivity contribution in [2.24, 2.45) is 5.92 Å². The Bertz CT molecular complexity index is 406. The van der Waals surface area contributed by atoms with Crippen LogP contribution in [0.1, 0.15) is 32.3 Å². The van der Waals surface area contributed by atoms with Gasteiger partial charge >= 0.3 is 0 Å². The Labute approximate surface area is 123 Å². The monoisotopic (exact) mass is 279 g/mol. The molecule has 0 bridgehead atoms. The Morgan fingerprint density at radius 3 is 2.55 bits per heavy atom. The molecule has 0 amide bonds. The van der Waals surface area contributed by atoms with Gasteiger partial charge in [-0.2, -0.15) is 0 Å². The SMILES string of the molecule is CCC[C@@](CN(C)C)(c1cccc(OC)c1)[C@@H](C)CO. The number of hydrogen-bond donors (Lipinski definition) is 1. The summed E-state index contributed by atoms with van der Waals surface area (Å²) >= 11 is 0. The van der Waals surface area contributed by atoms with Crippen molar-refractivity contribution in [1.29, 1.82) is 0 Å². The highest BCUT2D eigenvalue weighted by atomic mass is 16.5. The van der Waals surface area contributed by atoms with E-state index in [0.717, 1.165) is 25.1 Å². The largest absolute Gasteiger partial charge is 0.497 e. The summed E-state index contributed by atoms with van der Waals surface area (Å²) in [5.74, 6) is 1.09. The fraction of sp³-hybridized carbons (Fsp3) is 0.647. The standard InChI is InChI=1S/C17H29NO2/c1-6-10-17(13-18(3)4,14(2)12-19)15-8-7-9-16(11-15)20-5/h7-9,11,14,19H,6,10,12-13H2,1-5H3/t14-,17-/m0/s1. The lowest BCUT2D eigenvalue weighted by molar-refractivity contribution is 0.124. The molecule has 0 saturated heterocycles. The number of ether oxygens (including phenoxy) is 1. The molecular weight excluding hydrogens is 250 g/mol. The molecule has 20 heavy (non-hydrogen) atoms. The van der Waals surface area contributed by atoms with Crippen LogP contribution in [0, 0.1) is 5.92 Å². The van der Waals surface area contributed by atoms with Gasteiger partial charge in [-0.3, -0.25) is 0 Å². The van der Waals surface area contributed by atoms with E-state index >= 15 is 0 Å². The predicted octanol–water partition coefficient (Wildman–Crippen LogP) is 2.92. The molecule has 3 heteroatoms. The van der Waals surface area contributed by atoms with E-state index in [1.807, 2.05) is 12.1 Å². The van der Waals surface area contributed by atoms with Crippen LogP contribution in [0.5, 0.6) is 5.75 Å². The number of hydrogen-bond acceptors (Lipinski definition) is 3. The van der Waals surface area contributed by atoms with Gasteiger partial charge in [0, 0.05) is 18.6 Å². The molecule has 3 nitrogen and oxygen atoms in total. The van der Waals surface area contributed by atoms with Crippen molar-refractivity contribution in [1.82, 2.24) is 4.90 Å². The van der Waals surface area contributed by atoms with Gasteiger partial charge in [0.2, 0.25) is 0 Å². The highest BCUT2D eigenvalue weighted by Gasteiger charge is 2.37. The summed E-state index contributed by atoms with van der Waals surface area (Å²) < 4.78 is 5.37. The van der Waals surface area contributed by atoms with E-state index in [4.69, 9.17) is 4.74 Å². The van der Waals surface area contributed by atoms with Gasteiger partial charge in [-0.05, 0) is 44.1 Å². The lowest BCUT2D eigenvalue weighted by Crippen LogP contribution is -2.44. The van der Waals surface area contributed by atoms with Gasteiger partial charge in [-0.1, -0.05) is 32.4 Å². The van der Waals surface area contributed by atoms with Crippen LogP contribution in [0.25, 0.3) is 0 Å². The van der Waals surface area contributed by atoms with Gasteiger partial charge in [0.25, 0.3) is 0 Å². The molecular formula is C17H29NO2. The van der Waals surface area contributed by atoms with Crippen molar-refractivity contribution in [3.8, 4) is 5.75 Å². The van der Waals surface area contributed by atoms with Crippen molar-refractivity contribution >= 4 is 0 Å². The number of nitrogens with zero attached hydrogens (tertiary/aromatic N) is 1. The van der Waals surface area contributed by atoms with Gasteiger partial charge in [-0.25, -0.2) is 0 Å². The fourth-order valence-corrected chi connectivity index (χ4v) is 3.12. The molecule has 0 saturated carbocycles. The molecule has 1 aromatic rings. The van der Waals surface area contributed by atoms with Gasteiger partial charge in [0.15, 0.2) is 0 Å². The molecule has 0 aliphatic heterocycles. The van der Waals surface area contributed by atoms with Crippen LogP contribution in [-0.2, 0) is 5.41 Å². The summed E-state index contributed by atoms with van der Waals surface area (Å²) in [7, 11) is 5.88. The minimum absolute atomic E-state index is 0.0401. The lowest BCUT2D eigenvalue weighted by Gasteiger charge is -2.41. The number of methoxy groups -OCH3 is 1. The van der Waals surface area contributed by atoms with E-state index in [1.165, 1.54) is 5.56 Å². The zero-order valence-electron chi connectivity index (χ0n) is 13.5. The Hall–Kier alpha value is -1.06. The highest BCUT2D eigenvalue weighted by Crippen LogP contribution is 2.38. The minimum Gasteiger partial charge on any atom is -0.497 e. The number of likely N-dealkylation sites (N-methyl/N-ethyl adjacent to an activating group) is 1. The maximum absolute atomic E-state index is 9.75. The molecule has 1 rings (SSSR count). The van der Waals surface area contributed by atoms with E-state index in [0.29, 0.717) is 0 Å². The second-order valence-corrected chi connectivity index (χ2v) is 5.96. The van der Waals surface area contributed by atoms with Crippen LogP contribution in [0.3, 0.4) is 0 Å². The molecule has 1 aromatic carbocycles. The summed E-state index contributed by atoms with van der Waals surface area (Å²) in [6, 6.07) is 8.29. The maximum atomic E-state index is 9.75. The molecule has 0 aliphatic carbocycles. The zero-order chi connectivity index (χ0) is 15.2. The summed E-state index contributed by atoms with van der Waals surface area (Å²) in [5, 5.41) is 9.75. The molecule has 0 unspecified atom stereocenters. The van der Waals surface area contributed by atoms with Crippen LogP contribution >= 0.6 is 0 Å². The minimum atomic E-state index is -0.0401. The van der Waals surface area contributed by atoms with Crippen LogP contribution in [-0.4, -0.2) is 44.4 Å². The molecule has 0 aliphatic rings. The van der Waals surface area contributed by atoms with E-state index in [1.54, 1.807) is 7.11 Å². The first-order valence-corrected chi connectivity index (χ1v) is 7.40. The fourth-order valence-electron chi connectivity index (χ4n) is 3.12. The second-order valence-electron chi connectivity index (χ2n) is 5.96. The molecule has 1 N–H and O–H groups in total.